The van der Waals surface area contributed by atoms with Crippen molar-refractivity contribution in [2.75, 3.05) is 7.05 Å². The highest BCUT2D eigenvalue weighted by Crippen LogP contribution is 2.30. The summed E-state index contributed by atoms with van der Waals surface area (Å²) in [4.78, 5) is 2.46. The van der Waals surface area contributed by atoms with Gasteiger partial charge in [-0.1, -0.05) is 11.6 Å². The minimum Gasteiger partial charge on any atom is -0.411 e. The SMILES string of the molecule is CN1C2CCCC1CC(=NO)C2.Cl. The molecule has 2 rings (SSSR count). The predicted octanol–water partition coefficient (Wildman–Crippen LogP) is 1.89. The van der Waals surface area contributed by atoms with E-state index in [-0.39, 0.29) is 12.4 Å². The fourth-order valence-corrected chi connectivity index (χ4v) is 2.50. The summed E-state index contributed by atoms with van der Waals surface area (Å²) in [6.45, 7) is 0. The first kappa shape index (κ1) is 10.8. The molecule has 1 N–H and O–H groups in total. The van der Waals surface area contributed by atoms with Crippen LogP contribution in [0.15, 0.2) is 5.16 Å². The van der Waals surface area contributed by atoms with E-state index < -0.39 is 0 Å². The molecule has 2 fully saturated rings. The zero-order valence-corrected chi connectivity index (χ0v) is 8.76. The van der Waals surface area contributed by atoms with Gasteiger partial charge in [0.25, 0.3) is 0 Å². The van der Waals surface area contributed by atoms with Crippen molar-refractivity contribution in [3.05, 3.63) is 0 Å². The average molecular weight is 205 g/mol. The molecule has 0 saturated carbocycles. The maximum atomic E-state index is 8.70. The average Bonchev–Trinajstić information content (AvgIpc) is 2.04. The fraction of sp³-hybridized carbons (Fsp3) is 0.889. The number of halogens is 1. The highest BCUT2D eigenvalue weighted by Gasteiger charge is 2.33. The van der Waals surface area contributed by atoms with Crippen LogP contribution in [-0.2, 0) is 0 Å². The first-order valence-electron chi connectivity index (χ1n) is 4.73. The van der Waals surface area contributed by atoms with E-state index in [1.807, 2.05) is 0 Å². The van der Waals surface area contributed by atoms with Crippen molar-refractivity contribution in [1.82, 2.24) is 4.90 Å². The standard InChI is InChI=1S/C9H16N2O.ClH/c1-11-8-3-2-4-9(11)6-7(5-8)10-12;/h8-9,12H,2-6H2,1H3;1H. The Labute approximate surface area is 85.2 Å². The molecule has 0 aromatic carbocycles. The van der Waals surface area contributed by atoms with Gasteiger partial charge >= 0.3 is 0 Å². The molecule has 2 bridgehead atoms. The van der Waals surface area contributed by atoms with Gasteiger partial charge in [0.2, 0.25) is 0 Å². The first-order chi connectivity index (χ1) is 5.81. The van der Waals surface area contributed by atoms with Crippen molar-refractivity contribution in [3.63, 3.8) is 0 Å². The Hall–Kier alpha value is -0.280. The molecule has 0 amide bonds. The lowest BCUT2D eigenvalue weighted by Gasteiger charge is -2.43. The largest absolute Gasteiger partial charge is 0.411 e. The molecule has 2 aliphatic heterocycles. The maximum Gasteiger partial charge on any atom is 0.0601 e. The van der Waals surface area contributed by atoms with Crippen LogP contribution < -0.4 is 0 Å². The summed E-state index contributed by atoms with van der Waals surface area (Å²) in [5.41, 5.74) is 1.00. The normalized spacial score (nSPS) is 33.8. The highest BCUT2D eigenvalue weighted by atomic mass is 35.5. The Morgan fingerprint density at radius 2 is 1.85 bits per heavy atom. The van der Waals surface area contributed by atoms with E-state index in [4.69, 9.17) is 5.21 Å². The molecule has 2 aliphatic rings. The molecule has 76 valence electrons. The number of hydrogen-bond acceptors (Lipinski definition) is 3. The predicted molar refractivity (Wildman–Crippen MR) is 54.9 cm³/mol. The van der Waals surface area contributed by atoms with Crippen molar-refractivity contribution >= 4 is 18.1 Å². The summed E-state index contributed by atoms with van der Waals surface area (Å²) in [6, 6.07) is 1.28. The molecular weight excluding hydrogens is 188 g/mol. The van der Waals surface area contributed by atoms with Gasteiger partial charge in [-0.25, -0.2) is 0 Å². The molecule has 0 aromatic heterocycles. The van der Waals surface area contributed by atoms with Gasteiger partial charge in [-0.3, -0.25) is 4.90 Å². The Morgan fingerprint density at radius 1 is 1.31 bits per heavy atom. The third kappa shape index (κ3) is 1.97. The van der Waals surface area contributed by atoms with E-state index in [0.717, 1.165) is 18.6 Å². The molecule has 4 heteroatoms. The van der Waals surface area contributed by atoms with Crippen LogP contribution in [0.3, 0.4) is 0 Å². The monoisotopic (exact) mass is 204 g/mol. The highest BCUT2D eigenvalue weighted by molar-refractivity contribution is 5.86. The number of nitrogens with zero attached hydrogens (tertiary/aromatic N) is 2. The van der Waals surface area contributed by atoms with E-state index in [1.54, 1.807) is 0 Å². The summed E-state index contributed by atoms with van der Waals surface area (Å²) in [5.74, 6) is 0. The van der Waals surface area contributed by atoms with Gasteiger partial charge in [-0.05, 0) is 19.9 Å². The third-order valence-corrected chi connectivity index (χ3v) is 3.31. The number of oxime groups is 1. The molecule has 0 aromatic rings. The number of piperidine rings is 2. The van der Waals surface area contributed by atoms with Crippen molar-refractivity contribution in [2.45, 2.75) is 44.2 Å². The maximum absolute atomic E-state index is 8.70. The molecule has 0 radical (unpaired) electrons. The lowest BCUT2D eigenvalue weighted by molar-refractivity contribution is 0.105. The third-order valence-electron chi connectivity index (χ3n) is 3.31. The van der Waals surface area contributed by atoms with Crippen molar-refractivity contribution in [3.8, 4) is 0 Å². The molecule has 13 heavy (non-hydrogen) atoms. The van der Waals surface area contributed by atoms with E-state index >= 15 is 0 Å². The molecule has 0 spiro atoms. The molecular formula is C9H17ClN2O. The Bertz CT molecular complexity index is 192. The molecule has 2 heterocycles. The summed E-state index contributed by atoms with van der Waals surface area (Å²) < 4.78 is 0. The van der Waals surface area contributed by atoms with Gasteiger partial charge in [0, 0.05) is 24.9 Å². The second-order valence-corrected chi connectivity index (χ2v) is 3.98. The summed E-state index contributed by atoms with van der Waals surface area (Å²) in [7, 11) is 2.20. The molecule has 3 nitrogen and oxygen atoms in total. The van der Waals surface area contributed by atoms with Crippen LogP contribution in [-0.4, -0.2) is 35.0 Å². The van der Waals surface area contributed by atoms with Crippen molar-refractivity contribution in [2.24, 2.45) is 5.16 Å². The summed E-state index contributed by atoms with van der Waals surface area (Å²) in [6.07, 6.45) is 5.84. The molecule has 2 atom stereocenters. The van der Waals surface area contributed by atoms with Gasteiger partial charge in [-0.15, -0.1) is 12.4 Å². The molecule has 2 unspecified atom stereocenters. The van der Waals surface area contributed by atoms with Gasteiger partial charge in [0.1, 0.15) is 0 Å². The van der Waals surface area contributed by atoms with E-state index in [9.17, 15) is 0 Å². The van der Waals surface area contributed by atoms with Gasteiger partial charge in [0.05, 0.1) is 5.71 Å². The number of hydrogen-bond donors (Lipinski definition) is 1. The van der Waals surface area contributed by atoms with E-state index in [1.165, 1.54) is 19.3 Å². The second-order valence-electron chi connectivity index (χ2n) is 3.98. The lowest BCUT2D eigenvalue weighted by atomic mass is 9.84. The Kier molecular flexibility index (Phi) is 3.56. The number of fused-ring (bicyclic) bond motifs is 2. The first-order valence-corrected chi connectivity index (χ1v) is 4.73. The zero-order valence-electron chi connectivity index (χ0n) is 7.94. The van der Waals surface area contributed by atoms with Crippen molar-refractivity contribution < 1.29 is 5.21 Å². The van der Waals surface area contributed by atoms with E-state index in [2.05, 4.69) is 17.1 Å². The van der Waals surface area contributed by atoms with Crippen LogP contribution in [0.4, 0.5) is 0 Å². The van der Waals surface area contributed by atoms with Gasteiger partial charge in [-0.2, -0.15) is 0 Å². The summed E-state index contributed by atoms with van der Waals surface area (Å²) in [5, 5.41) is 12.1. The summed E-state index contributed by atoms with van der Waals surface area (Å²) >= 11 is 0. The Morgan fingerprint density at radius 3 is 2.31 bits per heavy atom. The molecule has 2 saturated heterocycles. The van der Waals surface area contributed by atoms with Crippen LogP contribution in [0.5, 0.6) is 0 Å². The fourth-order valence-electron chi connectivity index (χ4n) is 2.50. The second kappa shape index (κ2) is 4.29. The zero-order chi connectivity index (χ0) is 8.55. The smallest absolute Gasteiger partial charge is 0.0601 e. The number of rotatable bonds is 0. The van der Waals surface area contributed by atoms with Crippen molar-refractivity contribution in [1.29, 1.82) is 0 Å². The minimum atomic E-state index is 0. The van der Waals surface area contributed by atoms with Crippen LogP contribution in [0, 0.1) is 0 Å². The quantitative estimate of drug-likeness (QED) is 0.483. The van der Waals surface area contributed by atoms with Gasteiger partial charge < -0.3 is 5.21 Å². The lowest BCUT2D eigenvalue weighted by Crippen LogP contribution is -2.49. The van der Waals surface area contributed by atoms with Crippen LogP contribution >= 0.6 is 12.4 Å². The topological polar surface area (TPSA) is 35.8 Å². The van der Waals surface area contributed by atoms with Crippen LogP contribution in [0.2, 0.25) is 0 Å². The van der Waals surface area contributed by atoms with Crippen LogP contribution in [0.25, 0.3) is 0 Å². The molecule has 0 aliphatic carbocycles. The Balaban J connectivity index is 0.000000845. The van der Waals surface area contributed by atoms with Crippen LogP contribution in [0.1, 0.15) is 32.1 Å². The van der Waals surface area contributed by atoms with E-state index in [0.29, 0.717) is 12.1 Å². The minimum absolute atomic E-state index is 0. The van der Waals surface area contributed by atoms with Gasteiger partial charge in [0.15, 0.2) is 0 Å².